The number of hydrogen-bond acceptors (Lipinski definition) is 3. The summed E-state index contributed by atoms with van der Waals surface area (Å²) in [4.78, 5) is 25.6. The Hall–Kier alpha value is -2.08. The lowest BCUT2D eigenvalue weighted by Gasteiger charge is -2.19. The second-order valence-corrected chi connectivity index (χ2v) is 5.16. The van der Waals surface area contributed by atoms with Gasteiger partial charge >= 0.3 is 6.03 Å². The van der Waals surface area contributed by atoms with E-state index in [0.717, 1.165) is 12.0 Å². The summed E-state index contributed by atoms with van der Waals surface area (Å²) < 4.78 is 0. The van der Waals surface area contributed by atoms with E-state index in [9.17, 15) is 9.59 Å². The maximum Gasteiger partial charge on any atom is 0.317 e. The van der Waals surface area contributed by atoms with E-state index < -0.39 is 6.04 Å². The Bertz CT molecular complexity index is 492. The zero-order valence-electron chi connectivity index (χ0n) is 12.2. The van der Waals surface area contributed by atoms with Crippen LogP contribution >= 0.6 is 0 Å². The van der Waals surface area contributed by atoms with Crippen LogP contribution in [0.5, 0.6) is 0 Å². The molecule has 0 aliphatic carbocycles. The van der Waals surface area contributed by atoms with Gasteiger partial charge < -0.3 is 21.3 Å². The van der Waals surface area contributed by atoms with Gasteiger partial charge in [0.1, 0.15) is 6.04 Å². The van der Waals surface area contributed by atoms with Crippen molar-refractivity contribution in [3.8, 4) is 0 Å². The number of nitrogens with two attached hydrogens (primary N) is 1. The van der Waals surface area contributed by atoms with Gasteiger partial charge in [-0.25, -0.2) is 4.79 Å². The molecule has 1 saturated heterocycles. The van der Waals surface area contributed by atoms with Crippen LogP contribution in [0, 0.1) is 0 Å². The molecule has 1 aliphatic rings. The molecule has 1 aromatic rings. The van der Waals surface area contributed by atoms with Crippen LogP contribution in [0.25, 0.3) is 0 Å². The number of carbonyl (C=O) groups is 2. The van der Waals surface area contributed by atoms with E-state index in [-0.39, 0.29) is 18.0 Å². The lowest BCUT2D eigenvalue weighted by atomic mass is 10.1. The van der Waals surface area contributed by atoms with E-state index in [1.54, 1.807) is 4.90 Å². The molecule has 2 unspecified atom stereocenters. The van der Waals surface area contributed by atoms with Gasteiger partial charge in [-0.05, 0) is 18.9 Å². The van der Waals surface area contributed by atoms with Gasteiger partial charge in [0.05, 0.1) is 0 Å². The van der Waals surface area contributed by atoms with Crippen molar-refractivity contribution < 1.29 is 9.59 Å². The second-order valence-electron chi connectivity index (χ2n) is 5.16. The summed E-state index contributed by atoms with van der Waals surface area (Å²) in [5.41, 5.74) is 6.74. The monoisotopic (exact) mass is 290 g/mol. The van der Waals surface area contributed by atoms with Crippen molar-refractivity contribution in [2.24, 2.45) is 5.73 Å². The zero-order valence-corrected chi connectivity index (χ0v) is 12.2. The van der Waals surface area contributed by atoms with Crippen molar-refractivity contribution >= 4 is 11.9 Å². The third-order valence-electron chi connectivity index (χ3n) is 3.59. The molecule has 0 spiro atoms. The number of rotatable bonds is 4. The van der Waals surface area contributed by atoms with Crippen LogP contribution in [-0.2, 0) is 4.79 Å². The molecule has 6 nitrogen and oxygen atoms in total. The van der Waals surface area contributed by atoms with E-state index in [1.165, 1.54) is 0 Å². The minimum atomic E-state index is -0.676. The van der Waals surface area contributed by atoms with Crippen molar-refractivity contribution in [1.82, 2.24) is 15.5 Å². The highest BCUT2D eigenvalue weighted by Crippen LogP contribution is 2.13. The average Bonchev–Trinajstić information content (AvgIpc) is 2.96. The van der Waals surface area contributed by atoms with Gasteiger partial charge in [-0.3, -0.25) is 4.79 Å². The molecular weight excluding hydrogens is 268 g/mol. The topological polar surface area (TPSA) is 87.5 Å². The quantitative estimate of drug-likeness (QED) is 0.759. The molecule has 1 heterocycles. The first-order chi connectivity index (χ1) is 10.1. The fourth-order valence-electron chi connectivity index (χ4n) is 2.43. The highest BCUT2D eigenvalue weighted by atomic mass is 16.2. The minimum Gasteiger partial charge on any atom is -0.350 e. The number of carbonyl (C=O) groups excluding carboxylic acids is 2. The Morgan fingerprint density at radius 1 is 1.38 bits per heavy atom. The van der Waals surface area contributed by atoms with E-state index in [2.05, 4.69) is 10.6 Å². The first-order valence-corrected chi connectivity index (χ1v) is 7.25. The van der Waals surface area contributed by atoms with Crippen molar-refractivity contribution in [1.29, 1.82) is 0 Å². The first kappa shape index (κ1) is 15.3. The maximum absolute atomic E-state index is 12.1. The number of amides is 3. The number of nitrogens with zero attached hydrogens (tertiary/aromatic N) is 1. The Morgan fingerprint density at radius 2 is 2.10 bits per heavy atom. The summed E-state index contributed by atoms with van der Waals surface area (Å²) in [6.45, 7) is 3.66. The average molecular weight is 290 g/mol. The molecular formula is C15H22N4O2. The van der Waals surface area contributed by atoms with Crippen LogP contribution in [0.3, 0.4) is 0 Å². The molecule has 114 valence electrons. The van der Waals surface area contributed by atoms with Crippen molar-refractivity contribution in [3.05, 3.63) is 35.9 Å². The van der Waals surface area contributed by atoms with Crippen LogP contribution < -0.4 is 16.4 Å². The van der Waals surface area contributed by atoms with Gasteiger partial charge in [0.2, 0.25) is 5.91 Å². The molecule has 1 aromatic carbocycles. The number of nitrogens with one attached hydrogen (secondary N) is 2. The molecule has 0 radical (unpaired) electrons. The molecule has 2 atom stereocenters. The highest BCUT2D eigenvalue weighted by molar-refractivity contribution is 5.83. The van der Waals surface area contributed by atoms with Crippen LogP contribution in [-0.4, -0.2) is 42.5 Å². The molecule has 3 amide bonds. The van der Waals surface area contributed by atoms with Crippen LogP contribution in [0.15, 0.2) is 30.3 Å². The van der Waals surface area contributed by atoms with Crippen molar-refractivity contribution in [2.75, 3.05) is 19.6 Å². The Kier molecular flexibility index (Phi) is 5.16. The fourth-order valence-corrected chi connectivity index (χ4v) is 2.43. The SMILES string of the molecule is CCNC(=O)N1CCC(NC(=O)C(N)c2ccccc2)C1. The lowest BCUT2D eigenvalue weighted by Crippen LogP contribution is -2.44. The lowest BCUT2D eigenvalue weighted by molar-refractivity contribution is -0.123. The smallest absolute Gasteiger partial charge is 0.317 e. The largest absolute Gasteiger partial charge is 0.350 e. The van der Waals surface area contributed by atoms with Gasteiger partial charge in [0.15, 0.2) is 0 Å². The zero-order chi connectivity index (χ0) is 15.2. The molecule has 6 heteroatoms. The minimum absolute atomic E-state index is 0.0325. The molecule has 2 rings (SSSR count). The number of likely N-dealkylation sites (tertiary alicyclic amines) is 1. The molecule has 1 fully saturated rings. The maximum atomic E-state index is 12.1. The predicted octanol–water partition coefficient (Wildman–Crippen LogP) is 0.606. The van der Waals surface area contributed by atoms with E-state index >= 15 is 0 Å². The van der Waals surface area contributed by atoms with Crippen LogP contribution in [0.4, 0.5) is 4.79 Å². The van der Waals surface area contributed by atoms with Crippen LogP contribution in [0.1, 0.15) is 24.9 Å². The summed E-state index contributed by atoms with van der Waals surface area (Å²) in [6, 6.07) is 8.47. The second kappa shape index (κ2) is 7.08. The van der Waals surface area contributed by atoms with Crippen molar-refractivity contribution in [3.63, 3.8) is 0 Å². The Morgan fingerprint density at radius 3 is 2.76 bits per heavy atom. The normalized spacial score (nSPS) is 19.1. The summed E-state index contributed by atoms with van der Waals surface area (Å²) in [7, 11) is 0. The summed E-state index contributed by atoms with van der Waals surface area (Å²) in [5.74, 6) is -0.205. The van der Waals surface area contributed by atoms with Crippen LogP contribution in [0.2, 0.25) is 0 Å². The molecule has 0 aromatic heterocycles. The summed E-state index contributed by atoms with van der Waals surface area (Å²) in [6.07, 6.45) is 0.754. The van der Waals surface area contributed by atoms with E-state index in [1.807, 2.05) is 37.3 Å². The molecule has 4 N–H and O–H groups in total. The first-order valence-electron chi connectivity index (χ1n) is 7.25. The summed E-state index contributed by atoms with van der Waals surface area (Å²) >= 11 is 0. The third kappa shape index (κ3) is 3.95. The van der Waals surface area contributed by atoms with Crippen molar-refractivity contribution in [2.45, 2.75) is 25.4 Å². The standard InChI is InChI=1S/C15H22N4O2/c1-2-17-15(21)19-9-8-12(10-19)18-14(20)13(16)11-6-4-3-5-7-11/h3-7,12-13H,2,8-10,16H2,1H3,(H,17,21)(H,18,20). The van der Waals surface area contributed by atoms with Gasteiger partial charge in [-0.2, -0.15) is 0 Å². The number of hydrogen-bond donors (Lipinski definition) is 3. The fraction of sp³-hybridized carbons (Fsp3) is 0.467. The number of benzene rings is 1. The number of urea groups is 1. The van der Waals surface area contributed by atoms with E-state index in [0.29, 0.717) is 19.6 Å². The van der Waals surface area contributed by atoms with E-state index in [4.69, 9.17) is 5.73 Å². The predicted molar refractivity (Wildman–Crippen MR) is 80.6 cm³/mol. The molecule has 0 bridgehead atoms. The Balaban J connectivity index is 1.85. The van der Waals surface area contributed by atoms with Gasteiger partial charge in [0.25, 0.3) is 0 Å². The highest BCUT2D eigenvalue weighted by Gasteiger charge is 2.28. The molecule has 0 saturated carbocycles. The molecule has 21 heavy (non-hydrogen) atoms. The van der Waals surface area contributed by atoms with Gasteiger partial charge in [-0.15, -0.1) is 0 Å². The third-order valence-corrected chi connectivity index (χ3v) is 3.59. The molecule has 1 aliphatic heterocycles. The Labute approximate surface area is 124 Å². The van der Waals surface area contributed by atoms with Gasteiger partial charge in [0, 0.05) is 25.7 Å². The van der Waals surface area contributed by atoms with Gasteiger partial charge in [-0.1, -0.05) is 30.3 Å². The summed E-state index contributed by atoms with van der Waals surface area (Å²) in [5, 5.41) is 5.68.